The molecular formula is C31H23BN2. The molecule has 0 saturated carbocycles. The van der Waals surface area contributed by atoms with Gasteiger partial charge < -0.3 is 9.47 Å². The molecule has 0 unspecified atom stereocenters. The highest BCUT2D eigenvalue weighted by molar-refractivity contribution is 7.00. The van der Waals surface area contributed by atoms with Crippen molar-refractivity contribution < 1.29 is 0 Å². The van der Waals surface area contributed by atoms with Gasteiger partial charge in [-0.1, -0.05) is 86.3 Å². The Labute approximate surface area is 199 Å². The highest BCUT2D eigenvalue weighted by Gasteiger charge is 2.41. The van der Waals surface area contributed by atoms with Crippen LogP contribution in [0.3, 0.4) is 0 Å². The fourth-order valence-electron chi connectivity index (χ4n) is 6.15. The lowest BCUT2D eigenvalue weighted by atomic mass is 9.34. The van der Waals surface area contributed by atoms with Gasteiger partial charge in [-0.05, 0) is 52.8 Å². The van der Waals surface area contributed by atoms with Crippen molar-refractivity contribution in [3.63, 3.8) is 0 Å². The molecule has 0 radical (unpaired) electrons. The maximum Gasteiger partial charge on any atom is 0.252 e. The predicted octanol–water partition coefficient (Wildman–Crippen LogP) is 6.03. The van der Waals surface area contributed by atoms with Gasteiger partial charge >= 0.3 is 0 Å². The van der Waals surface area contributed by atoms with Crippen molar-refractivity contribution in [2.45, 2.75) is 7.43 Å². The van der Waals surface area contributed by atoms with Crippen LogP contribution in [0.4, 0.5) is 17.1 Å². The Morgan fingerprint density at radius 2 is 1.15 bits per heavy atom. The summed E-state index contributed by atoms with van der Waals surface area (Å²) in [6.45, 7) is 0.216. The number of hydrogen-bond donors (Lipinski definition) is 0. The van der Waals surface area contributed by atoms with Crippen molar-refractivity contribution >= 4 is 62.0 Å². The van der Waals surface area contributed by atoms with Gasteiger partial charge in [0.2, 0.25) is 0 Å². The van der Waals surface area contributed by atoms with Crippen LogP contribution in [0.25, 0.3) is 27.5 Å². The lowest BCUT2D eigenvalue weighted by molar-refractivity contribution is 1.18. The second-order valence-corrected chi connectivity index (χ2v) is 8.97. The second-order valence-electron chi connectivity index (χ2n) is 8.97. The summed E-state index contributed by atoms with van der Waals surface area (Å²) in [7, 11) is 0. The first-order valence-corrected chi connectivity index (χ1v) is 11.5. The Hall–Kier alpha value is -4.24. The van der Waals surface area contributed by atoms with Crippen LogP contribution in [-0.4, -0.2) is 11.3 Å². The van der Waals surface area contributed by atoms with E-state index in [1.54, 1.807) is 0 Å². The average molecular weight is 434 g/mol. The molecule has 0 atom stereocenters. The third-order valence-corrected chi connectivity index (χ3v) is 7.37. The van der Waals surface area contributed by atoms with E-state index in [4.69, 9.17) is 0 Å². The Balaban J connectivity index is 0.00000200. The minimum absolute atomic E-state index is 0. The van der Waals surface area contributed by atoms with Gasteiger partial charge in [0, 0.05) is 39.0 Å². The van der Waals surface area contributed by atoms with Gasteiger partial charge in [-0.2, -0.15) is 0 Å². The normalized spacial score (nSPS) is 12.9. The predicted molar refractivity (Wildman–Crippen MR) is 147 cm³/mol. The number of nitrogens with zero attached hydrogens (tertiary/aromatic N) is 2. The van der Waals surface area contributed by atoms with Gasteiger partial charge in [0.15, 0.2) is 0 Å². The average Bonchev–Trinajstić information content (AvgIpc) is 3.22. The Kier molecular flexibility index (Phi) is 3.90. The molecule has 3 heterocycles. The minimum Gasteiger partial charge on any atom is -0.311 e. The molecule has 1 aromatic heterocycles. The quantitative estimate of drug-likeness (QED) is 0.286. The van der Waals surface area contributed by atoms with Gasteiger partial charge in [0.05, 0.1) is 5.52 Å². The smallest absolute Gasteiger partial charge is 0.252 e. The highest BCUT2D eigenvalue weighted by atomic mass is 15.2. The summed E-state index contributed by atoms with van der Waals surface area (Å²) in [6.07, 6.45) is 0. The summed E-state index contributed by atoms with van der Waals surface area (Å²) < 4.78 is 2.49. The van der Waals surface area contributed by atoms with Crippen molar-refractivity contribution in [3.8, 4) is 5.69 Å². The molecule has 0 N–H and O–H groups in total. The molecule has 34 heavy (non-hydrogen) atoms. The summed E-state index contributed by atoms with van der Waals surface area (Å²) in [4.78, 5) is 2.43. The zero-order valence-electron chi connectivity index (χ0n) is 17.9. The standard InChI is InChI=1S/C30H19BN2.CH4/c1-2-10-20(11-3-1)32-26-17-7-5-14-23(26)31-24-15-8-13-22-21-12-4-6-16-25(21)33(30(22)24)28-19-9-18-27(32)29(28)31;/h1-19H;1H4. The molecule has 2 aliphatic rings. The highest BCUT2D eigenvalue weighted by Crippen LogP contribution is 2.40. The summed E-state index contributed by atoms with van der Waals surface area (Å²) in [5.74, 6) is 0. The van der Waals surface area contributed by atoms with E-state index >= 15 is 0 Å². The maximum absolute atomic E-state index is 2.49. The molecule has 2 nitrogen and oxygen atoms in total. The molecule has 0 spiro atoms. The van der Waals surface area contributed by atoms with Crippen LogP contribution >= 0.6 is 0 Å². The van der Waals surface area contributed by atoms with Crippen LogP contribution in [0, 0.1) is 0 Å². The number of para-hydroxylation sites is 4. The first-order chi connectivity index (χ1) is 16.4. The molecule has 2 aliphatic heterocycles. The number of hydrogen-bond acceptors (Lipinski definition) is 1. The Bertz CT molecular complexity index is 1730. The van der Waals surface area contributed by atoms with E-state index < -0.39 is 0 Å². The van der Waals surface area contributed by atoms with Crippen LogP contribution in [0.2, 0.25) is 0 Å². The van der Waals surface area contributed by atoms with Crippen molar-refractivity contribution in [1.82, 2.24) is 4.57 Å². The summed E-state index contributed by atoms with van der Waals surface area (Å²) >= 11 is 0. The zero-order valence-corrected chi connectivity index (χ0v) is 17.9. The van der Waals surface area contributed by atoms with Gasteiger partial charge in [0.25, 0.3) is 6.71 Å². The van der Waals surface area contributed by atoms with E-state index in [1.165, 1.54) is 60.9 Å². The van der Waals surface area contributed by atoms with E-state index in [1.807, 2.05) is 0 Å². The summed E-state index contributed by atoms with van der Waals surface area (Å²) in [5.41, 5.74) is 11.8. The van der Waals surface area contributed by atoms with Crippen LogP contribution in [-0.2, 0) is 0 Å². The van der Waals surface area contributed by atoms with Crippen molar-refractivity contribution in [2.75, 3.05) is 4.90 Å². The third kappa shape index (κ3) is 2.26. The van der Waals surface area contributed by atoms with Gasteiger partial charge in [-0.25, -0.2) is 0 Å². The molecule has 0 aliphatic carbocycles. The van der Waals surface area contributed by atoms with Crippen molar-refractivity contribution in [1.29, 1.82) is 0 Å². The molecule has 0 bridgehead atoms. The maximum atomic E-state index is 2.49. The first kappa shape index (κ1) is 19.3. The SMILES string of the molecule is C.c1ccc(N2c3ccccc3B3c4c2cccc4-n2c4ccccc4c4cccc3c42)cc1. The molecule has 160 valence electrons. The fourth-order valence-corrected chi connectivity index (χ4v) is 6.15. The fraction of sp³-hybridized carbons (Fsp3) is 0.0323. The van der Waals surface area contributed by atoms with Crippen LogP contribution < -0.4 is 21.3 Å². The molecule has 6 aromatic rings. The van der Waals surface area contributed by atoms with E-state index in [0.717, 1.165) is 0 Å². The lowest BCUT2D eigenvalue weighted by Gasteiger charge is -2.40. The minimum atomic E-state index is 0. The van der Waals surface area contributed by atoms with Crippen molar-refractivity contribution in [3.05, 3.63) is 115 Å². The zero-order chi connectivity index (χ0) is 21.5. The van der Waals surface area contributed by atoms with E-state index in [0.29, 0.717) is 0 Å². The first-order valence-electron chi connectivity index (χ1n) is 11.5. The molecule has 0 fully saturated rings. The van der Waals surface area contributed by atoms with Crippen molar-refractivity contribution in [2.24, 2.45) is 0 Å². The van der Waals surface area contributed by atoms with E-state index in [2.05, 4.69) is 125 Å². The largest absolute Gasteiger partial charge is 0.311 e. The van der Waals surface area contributed by atoms with Crippen LogP contribution in [0.5, 0.6) is 0 Å². The molecular weight excluding hydrogens is 411 g/mol. The second kappa shape index (κ2) is 6.88. The molecule has 8 rings (SSSR count). The summed E-state index contributed by atoms with van der Waals surface area (Å²) in [6, 6.07) is 42.1. The molecule has 5 aromatic carbocycles. The van der Waals surface area contributed by atoms with Gasteiger partial charge in [-0.15, -0.1) is 0 Å². The topological polar surface area (TPSA) is 8.17 Å². The van der Waals surface area contributed by atoms with E-state index in [-0.39, 0.29) is 14.1 Å². The molecule has 0 amide bonds. The monoisotopic (exact) mass is 434 g/mol. The third-order valence-electron chi connectivity index (χ3n) is 7.37. The molecule has 3 heteroatoms. The van der Waals surface area contributed by atoms with Gasteiger partial charge in [0.1, 0.15) is 0 Å². The van der Waals surface area contributed by atoms with Gasteiger partial charge in [-0.3, -0.25) is 0 Å². The number of anilines is 3. The van der Waals surface area contributed by atoms with Crippen LogP contribution in [0.15, 0.2) is 115 Å². The van der Waals surface area contributed by atoms with E-state index in [9.17, 15) is 0 Å². The Morgan fingerprint density at radius 1 is 0.500 bits per heavy atom. The van der Waals surface area contributed by atoms with Crippen LogP contribution in [0.1, 0.15) is 7.43 Å². The number of benzene rings is 5. The summed E-state index contributed by atoms with van der Waals surface area (Å²) in [5, 5.41) is 2.65. The number of rotatable bonds is 1. The Morgan fingerprint density at radius 3 is 2.06 bits per heavy atom. The lowest BCUT2D eigenvalue weighted by Crippen LogP contribution is -2.60. The molecule has 0 saturated heterocycles. The number of fused-ring (bicyclic) bond motifs is 7. The number of aromatic nitrogens is 1.